The quantitative estimate of drug-likeness (QED) is 0.506. The summed E-state index contributed by atoms with van der Waals surface area (Å²) in [5.41, 5.74) is 6.57. The van der Waals surface area contributed by atoms with Crippen LogP contribution >= 0.6 is 11.8 Å². The molecule has 0 aliphatic carbocycles. The van der Waals surface area contributed by atoms with E-state index in [9.17, 15) is 4.39 Å². The average Bonchev–Trinajstić information content (AvgIpc) is 2.71. The van der Waals surface area contributed by atoms with Crippen LogP contribution in [0.2, 0.25) is 0 Å². The first-order valence-electron chi connectivity index (χ1n) is 5.37. The van der Waals surface area contributed by atoms with Gasteiger partial charge in [-0.25, -0.2) is 4.39 Å². The smallest absolute Gasteiger partial charge is 0.124 e. The van der Waals surface area contributed by atoms with Gasteiger partial charge in [-0.3, -0.25) is 5.41 Å². The van der Waals surface area contributed by atoms with Gasteiger partial charge >= 0.3 is 0 Å². The third-order valence-corrected chi connectivity index (χ3v) is 3.69. The van der Waals surface area contributed by atoms with Crippen LogP contribution in [0.25, 0.3) is 0 Å². The molecule has 0 amide bonds. The van der Waals surface area contributed by atoms with E-state index in [1.165, 1.54) is 12.1 Å². The number of amidine groups is 1. The van der Waals surface area contributed by atoms with Gasteiger partial charge in [0.25, 0.3) is 0 Å². The van der Waals surface area contributed by atoms with Gasteiger partial charge < -0.3 is 10.2 Å². The molecule has 0 radical (unpaired) electrons. The number of nitrogens with two attached hydrogens (primary N) is 1. The number of furan rings is 1. The molecule has 5 heteroatoms. The topological polar surface area (TPSA) is 63.0 Å². The van der Waals surface area contributed by atoms with Crippen molar-refractivity contribution in [2.24, 2.45) is 5.73 Å². The summed E-state index contributed by atoms with van der Waals surface area (Å²) in [5, 5.41) is 7.32. The SMILES string of the molecule is Cc1occc1SCc1cc(F)cc(C(=N)N)c1. The second kappa shape index (κ2) is 5.27. The highest BCUT2D eigenvalue weighted by atomic mass is 32.2. The van der Waals surface area contributed by atoms with Crippen molar-refractivity contribution in [1.29, 1.82) is 5.41 Å². The lowest BCUT2D eigenvalue weighted by Gasteiger charge is -2.05. The van der Waals surface area contributed by atoms with Crippen molar-refractivity contribution in [3.8, 4) is 0 Å². The van der Waals surface area contributed by atoms with Crippen LogP contribution in [-0.4, -0.2) is 5.84 Å². The first-order valence-corrected chi connectivity index (χ1v) is 6.35. The molecular formula is C13H13FN2OS. The van der Waals surface area contributed by atoms with Gasteiger partial charge in [-0.05, 0) is 36.8 Å². The maximum atomic E-state index is 13.4. The molecule has 0 saturated heterocycles. The maximum absolute atomic E-state index is 13.4. The van der Waals surface area contributed by atoms with E-state index in [4.69, 9.17) is 15.6 Å². The average molecular weight is 264 g/mol. The molecule has 1 aromatic heterocycles. The van der Waals surface area contributed by atoms with Gasteiger partial charge in [0.1, 0.15) is 17.4 Å². The van der Waals surface area contributed by atoms with Gasteiger partial charge in [-0.15, -0.1) is 11.8 Å². The Morgan fingerprint density at radius 2 is 2.22 bits per heavy atom. The predicted molar refractivity (Wildman–Crippen MR) is 70.4 cm³/mol. The predicted octanol–water partition coefficient (Wildman–Crippen LogP) is 3.30. The lowest BCUT2D eigenvalue weighted by atomic mass is 10.1. The summed E-state index contributed by atoms with van der Waals surface area (Å²) in [4.78, 5) is 1.03. The Morgan fingerprint density at radius 3 is 2.83 bits per heavy atom. The molecule has 0 aliphatic rings. The molecule has 0 bridgehead atoms. The van der Waals surface area contributed by atoms with Crippen molar-refractivity contribution in [2.45, 2.75) is 17.6 Å². The second-order valence-corrected chi connectivity index (χ2v) is 4.91. The Balaban J connectivity index is 2.14. The highest BCUT2D eigenvalue weighted by Crippen LogP contribution is 2.27. The van der Waals surface area contributed by atoms with E-state index in [-0.39, 0.29) is 11.7 Å². The van der Waals surface area contributed by atoms with E-state index in [1.807, 2.05) is 13.0 Å². The number of nitrogens with one attached hydrogen (secondary N) is 1. The fourth-order valence-corrected chi connectivity index (χ4v) is 2.47. The van der Waals surface area contributed by atoms with Crippen molar-refractivity contribution < 1.29 is 8.81 Å². The number of hydrogen-bond donors (Lipinski definition) is 2. The second-order valence-electron chi connectivity index (χ2n) is 3.89. The molecule has 0 saturated carbocycles. The summed E-state index contributed by atoms with van der Waals surface area (Å²) in [6.45, 7) is 1.88. The molecule has 0 fully saturated rings. The Morgan fingerprint density at radius 1 is 1.44 bits per heavy atom. The molecule has 1 heterocycles. The number of thioether (sulfide) groups is 1. The molecule has 3 N–H and O–H groups in total. The number of aryl methyl sites for hydroxylation is 1. The minimum atomic E-state index is -0.373. The van der Waals surface area contributed by atoms with E-state index in [0.717, 1.165) is 16.2 Å². The number of halogens is 1. The lowest BCUT2D eigenvalue weighted by molar-refractivity contribution is 0.527. The maximum Gasteiger partial charge on any atom is 0.124 e. The normalized spacial score (nSPS) is 10.6. The van der Waals surface area contributed by atoms with E-state index in [0.29, 0.717) is 11.3 Å². The van der Waals surface area contributed by atoms with E-state index in [2.05, 4.69) is 0 Å². The van der Waals surface area contributed by atoms with Gasteiger partial charge in [0.15, 0.2) is 0 Å². The Hall–Kier alpha value is -1.75. The minimum Gasteiger partial charge on any atom is -0.468 e. The standard InChI is InChI=1S/C13H13FN2OS/c1-8-12(2-3-17-8)18-7-9-4-10(13(15)16)6-11(14)5-9/h2-6H,7H2,1H3,(H3,15,16). The lowest BCUT2D eigenvalue weighted by Crippen LogP contribution is -2.11. The largest absolute Gasteiger partial charge is 0.468 e. The fraction of sp³-hybridized carbons (Fsp3) is 0.154. The first kappa shape index (κ1) is 12.7. The molecule has 2 aromatic rings. The molecule has 1 aromatic carbocycles. The van der Waals surface area contributed by atoms with Gasteiger partial charge in [0.05, 0.1) is 6.26 Å². The van der Waals surface area contributed by atoms with Crippen LogP contribution in [0.5, 0.6) is 0 Å². The van der Waals surface area contributed by atoms with Gasteiger partial charge in [-0.1, -0.05) is 0 Å². The molecule has 0 spiro atoms. The van der Waals surface area contributed by atoms with Crippen LogP contribution < -0.4 is 5.73 Å². The van der Waals surface area contributed by atoms with Crippen LogP contribution in [-0.2, 0) is 5.75 Å². The van der Waals surface area contributed by atoms with Crippen molar-refractivity contribution in [3.05, 3.63) is 53.2 Å². The molecule has 0 aliphatic heterocycles. The molecule has 18 heavy (non-hydrogen) atoms. The zero-order valence-corrected chi connectivity index (χ0v) is 10.7. The summed E-state index contributed by atoms with van der Waals surface area (Å²) >= 11 is 1.56. The molecule has 94 valence electrons. The number of hydrogen-bond acceptors (Lipinski definition) is 3. The summed E-state index contributed by atoms with van der Waals surface area (Å²) in [6.07, 6.45) is 1.63. The van der Waals surface area contributed by atoms with Crippen LogP contribution in [0, 0.1) is 18.2 Å². The summed E-state index contributed by atoms with van der Waals surface area (Å²) in [5.74, 6) is 0.962. The van der Waals surface area contributed by atoms with Gasteiger partial charge in [0, 0.05) is 16.2 Å². The minimum absolute atomic E-state index is 0.125. The summed E-state index contributed by atoms with van der Waals surface area (Å²) in [7, 11) is 0. The van der Waals surface area contributed by atoms with Crippen LogP contribution in [0.15, 0.2) is 39.8 Å². The van der Waals surface area contributed by atoms with Crippen molar-refractivity contribution >= 4 is 17.6 Å². The van der Waals surface area contributed by atoms with Crippen LogP contribution in [0.3, 0.4) is 0 Å². The Bertz CT molecular complexity index is 580. The molecular weight excluding hydrogens is 251 g/mol. The number of benzene rings is 1. The molecule has 0 unspecified atom stereocenters. The molecule has 3 nitrogen and oxygen atoms in total. The number of rotatable bonds is 4. The van der Waals surface area contributed by atoms with E-state index in [1.54, 1.807) is 24.1 Å². The van der Waals surface area contributed by atoms with Gasteiger partial charge in [0.2, 0.25) is 0 Å². The van der Waals surface area contributed by atoms with Gasteiger partial charge in [-0.2, -0.15) is 0 Å². The first-order chi connectivity index (χ1) is 8.56. The van der Waals surface area contributed by atoms with Crippen molar-refractivity contribution in [2.75, 3.05) is 0 Å². The fourth-order valence-electron chi connectivity index (χ4n) is 1.57. The molecule has 2 rings (SSSR count). The summed E-state index contributed by atoms with van der Waals surface area (Å²) < 4.78 is 18.5. The zero-order chi connectivity index (χ0) is 13.1. The van der Waals surface area contributed by atoms with E-state index < -0.39 is 0 Å². The number of nitrogen functional groups attached to an aromatic ring is 1. The van der Waals surface area contributed by atoms with Crippen molar-refractivity contribution in [1.82, 2.24) is 0 Å². The monoisotopic (exact) mass is 264 g/mol. The van der Waals surface area contributed by atoms with Crippen molar-refractivity contribution in [3.63, 3.8) is 0 Å². The molecule has 0 atom stereocenters. The third kappa shape index (κ3) is 2.92. The zero-order valence-electron chi connectivity index (χ0n) is 9.87. The highest BCUT2D eigenvalue weighted by Gasteiger charge is 2.06. The Labute approximate surface area is 109 Å². The Kier molecular flexibility index (Phi) is 3.72. The summed E-state index contributed by atoms with van der Waals surface area (Å²) in [6, 6.07) is 6.33. The van der Waals surface area contributed by atoms with E-state index >= 15 is 0 Å². The highest BCUT2D eigenvalue weighted by molar-refractivity contribution is 7.98. The van der Waals surface area contributed by atoms with Crippen LogP contribution in [0.4, 0.5) is 4.39 Å². The van der Waals surface area contributed by atoms with Crippen LogP contribution in [0.1, 0.15) is 16.9 Å². The third-order valence-electron chi connectivity index (χ3n) is 2.47.